The monoisotopic (exact) mass is 240 g/mol. The minimum atomic E-state index is 0.335. The van der Waals surface area contributed by atoms with Gasteiger partial charge in [0.15, 0.2) is 0 Å². The van der Waals surface area contributed by atoms with Gasteiger partial charge in [-0.3, -0.25) is 0 Å². The highest BCUT2D eigenvalue weighted by molar-refractivity contribution is 4.92. The first-order valence-electron chi connectivity index (χ1n) is 7.27. The third-order valence-corrected chi connectivity index (χ3v) is 4.44. The van der Waals surface area contributed by atoms with Crippen molar-refractivity contribution in [1.82, 2.24) is 4.90 Å². The van der Waals surface area contributed by atoms with E-state index in [1.807, 2.05) is 0 Å². The Kier molecular flexibility index (Phi) is 5.46. The fourth-order valence-electron chi connectivity index (χ4n) is 2.98. The van der Waals surface area contributed by atoms with Crippen LogP contribution >= 0.6 is 0 Å². The molecule has 0 amide bonds. The van der Waals surface area contributed by atoms with E-state index in [4.69, 9.17) is 5.73 Å². The summed E-state index contributed by atoms with van der Waals surface area (Å²) in [5, 5.41) is 0. The molecule has 1 aliphatic rings. The predicted molar refractivity (Wildman–Crippen MR) is 76.0 cm³/mol. The van der Waals surface area contributed by atoms with Crippen LogP contribution in [0.25, 0.3) is 0 Å². The van der Waals surface area contributed by atoms with E-state index in [1.54, 1.807) is 0 Å². The van der Waals surface area contributed by atoms with Crippen LogP contribution in [0, 0.1) is 17.3 Å². The van der Waals surface area contributed by atoms with Crippen LogP contribution < -0.4 is 5.73 Å². The zero-order valence-electron chi connectivity index (χ0n) is 12.5. The van der Waals surface area contributed by atoms with Crippen molar-refractivity contribution in [3.05, 3.63) is 0 Å². The standard InChI is InChI=1S/C15H32N2/c1-12(2)8-10-17(5)11-13-7-6-9-15(3,4)14(13)16/h12-14H,6-11,16H2,1-5H3. The van der Waals surface area contributed by atoms with E-state index in [0.29, 0.717) is 17.4 Å². The van der Waals surface area contributed by atoms with Crippen LogP contribution in [0.15, 0.2) is 0 Å². The Morgan fingerprint density at radius 2 is 2.00 bits per heavy atom. The number of nitrogens with zero attached hydrogens (tertiary/aromatic N) is 1. The highest BCUT2D eigenvalue weighted by Gasteiger charge is 2.36. The van der Waals surface area contributed by atoms with Gasteiger partial charge in [-0.25, -0.2) is 0 Å². The number of hydrogen-bond acceptors (Lipinski definition) is 2. The van der Waals surface area contributed by atoms with E-state index in [-0.39, 0.29) is 0 Å². The second kappa shape index (κ2) is 6.19. The molecule has 2 nitrogen and oxygen atoms in total. The van der Waals surface area contributed by atoms with Crippen molar-refractivity contribution in [3.63, 3.8) is 0 Å². The summed E-state index contributed by atoms with van der Waals surface area (Å²) in [5.74, 6) is 1.49. The molecule has 0 aromatic carbocycles. The Balaban J connectivity index is 2.39. The number of rotatable bonds is 5. The Labute approximate surface area is 108 Å². The SMILES string of the molecule is CC(C)CCN(C)CC1CCCC(C)(C)C1N. The van der Waals surface area contributed by atoms with Crippen molar-refractivity contribution in [2.75, 3.05) is 20.1 Å². The molecule has 0 aromatic rings. The van der Waals surface area contributed by atoms with E-state index >= 15 is 0 Å². The molecular formula is C15H32N2. The number of nitrogens with two attached hydrogens (primary N) is 1. The van der Waals surface area contributed by atoms with E-state index in [9.17, 15) is 0 Å². The van der Waals surface area contributed by atoms with Crippen LogP contribution in [-0.2, 0) is 0 Å². The van der Waals surface area contributed by atoms with Crippen molar-refractivity contribution >= 4 is 0 Å². The Morgan fingerprint density at radius 1 is 1.35 bits per heavy atom. The minimum absolute atomic E-state index is 0.335. The van der Waals surface area contributed by atoms with Gasteiger partial charge in [-0.2, -0.15) is 0 Å². The molecule has 0 radical (unpaired) electrons. The van der Waals surface area contributed by atoms with Crippen molar-refractivity contribution < 1.29 is 0 Å². The topological polar surface area (TPSA) is 29.3 Å². The smallest absolute Gasteiger partial charge is 0.0131 e. The summed E-state index contributed by atoms with van der Waals surface area (Å²) in [7, 11) is 2.25. The highest BCUT2D eigenvalue weighted by Crippen LogP contribution is 2.37. The minimum Gasteiger partial charge on any atom is -0.327 e. The van der Waals surface area contributed by atoms with Crippen molar-refractivity contribution in [1.29, 1.82) is 0 Å². The third-order valence-electron chi connectivity index (χ3n) is 4.44. The number of hydrogen-bond donors (Lipinski definition) is 1. The largest absolute Gasteiger partial charge is 0.327 e. The molecule has 102 valence electrons. The first-order valence-corrected chi connectivity index (χ1v) is 7.27. The zero-order chi connectivity index (χ0) is 13.1. The molecule has 1 saturated carbocycles. The van der Waals surface area contributed by atoms with Gasteiger partial charge in [0.05, 0.1) is 0 Å². The lowest BCUT2D eigenvalue weighted by atomic mass is 9.68. The van der Waals surface area contributed by atoms with Gasteiger partial charge in [0.1, 0.15) is 0 Å². The van der Waals surface area contributed by atoms with E-state index in [2.05, 4.69) is 39.6 Å². The molecule has 2 N–H and O–H groups in total. The van der Waals surface area contributed by atoms with Crippen LogP contribution in [0.4, 0.5) is 0 Å². The first kappa shape index (κ1) is 15.0. The van der Waals surface area contributed by atoms with Crippen LogP contribution in [0.3, 0.4) is 0 Å². The van der Waals surface area contributed by atoms with Crippen LogP contribution in [0.1, 0.15) is 53.4 Å². The summed E-state index contributed by atoms with van der Waals surface area (Å²) in [6.45, 7) is 11.6. The highest BCUT2D eigenvalue weighted by atomic mass is 15.1. The molecule has 1 aliphatic carbocycles. The molecule has 2 unspecified atom stereocenters. The van der Waals surface area contributed by atoms with Crippen LogP contribution in [0.2, 0.25) is 0 Å². The van der Waals surface area contributed by atoms with Gasteiger partial charge >= 0.3 is 0 Å². The molecule has 0 bridgehead atoms. The van der Waals surface area contributed by atoms with E-state index in [0.717, 1.165) is 5.92 Å². The molecule has 1 fully saturated rings. The van der Waals surface area contributed by atoms with Crippen molar-refractivity contribution in [2.45, 2.75) is 59.4 Å². The summed E-state index contributed by atoms with van der Waals surface area (Å²) in [6.07, 6.45) is 5.25. The summed E-state index contributed by atoms with van der Waals surface area (Å²) in [6, 6.07) is 0.373. The normalized spacial score (nSPS) is 28.9. The molecule has 0 heterocycles. The molecule has 1 rings (SSSR count). The first-order chi connectivity index (χ1) is 7.83. The van der Waals surface area contributed by atoms with E-state index < -0.39 is 0 Å². The lowest BCUT2D eigenvalue weighted by molar-refractivity contribution is 0.109. The average Bonchev–Trinajstić information content (AvgIpc) is 2.22. The summed E-state index contributed by atoms with van der Waals surface area (Å²) in [4.78, 5) is 2.48. The van der Waals surface area contributed by atoms with Gasteiger partial charge in [0, 0.05) is 12.6 Å². The maximum Gasteiger partial charge on any atom is 0.0131 e. The Hall–Kier alpha value is -0.0800. The van der Waals surface area contributed by atoms with Gasteiger partial charge in [0.25, 0.3) is 0 Å². The molecule has 2 atom stereocenters. The second-order valence-electron chi connectivity index (χ2n) is 7.11. The predicted octanol–water partition coefficient (Wildman–Crippen LogP) is 3.12. The van der Waals surface area contributed by atoms with Crippen LogP contribution in [0.5, 0.6) is 0 Å². The molecule has 0 aliphatic heterocycles. The van der Waals surface area contributed by atoms with Gasteiger partial charge < -0.3 is 10.6 Å². The molecule has 17 heavy (non-hydrogen) atoms. The van der Waals surface area contributed by atoms with Crippen molar-refractivity contribution in [2.24, 2.45) is 23.0 Å². The third kappa shape index (κ3) is 4.59. The fraction of sp³-hybridized carbons (Fsp3) is 1.00. The van der Waals surface area contributed by atoms with Crippen LogP contribution in [-0.4, -0.2) is 31.1 Å². The molecule has 0 aromatic heterocycles. The fourth-order valence-corrected chi connectivity index (χ4v) is 2.98. The maximum atomic E-state index is 6.43. The molecular weight excluding hydrogens is 208 g/mol. The second-order valence-corrected chi connectivity index (χ2v) is 7.11. The zero-order valence-corrected chi connectivity index (χ0v) is 12.5. The Morgan fingerprint density at radius 3 is 2.59 bits per heavy atom. The quantitative estimate of drug-likeness (QED) is 0.800. The molecule has 0 saturated heterocycles. The Bertz CT molecular complexity index is 223. The lowest BCUT2D eigenvalue weighted by Gasteiger charge is -2.43. The van der Waals surface area contributed by atoms with E-state index in [1.165, 1.54) is 38.8 Å². The van der Waals surface area contributed by atoms with Gasteiger partial charge in [0.2, 0.25) is 0 Å². The summed E-state index contributed by atoms with van der Waals surface area (Å²) >= 11 is 0. The van der Waals surface area contributed by atoms with Gasteiger partial charge in [-0.15, -0.1) is 0 Å². The molecule has 0 spiro atoms. The van der Waals surface area contributed by atoms with Gasteiger partial charge in [-0.1, -0.05) is 34.1 Å². The summed E-state index contributed by atoms with van der Waals surface area (Å²) in [5.41, 5.74) is 6.77. The lowest BCUT2D eigenvalue weighted by Crippen LogP contribution is -2.49. The average molecular weight is 240 g/mol. The molecule has 2 heteroatoms. The van der Waals surface area contributed by atoms with Crippen molar-refractivity contribution in [3.8, 4) is 0 Å². The van der Waals surface area contributed by atoms with Gasteiger partial charge in [-0.05, 0) is 50.1 Å². The maximum absolute atomic E-state index is 6.43. The summed E-state index contributed by atoms with van der Waals surface area (Å²) < 4.78 is 0.